The SMILES string of the molecule is CCN(CCOC)S(=O)(=O)c1cc(CN)n(C2CC2)c1. The molecule has 0 atom stereocenters. The van der Waals surface area contributed by atoms with Gasteiger partial charge in [-0.2, -0.15) is 4.31 Å². The van der Waals surface area contributed by atoms with Crippen LogP contribution in [0.5, 0.6) is 0 Å². The van der Waals surface area contributed by atoms with Gasteiger partial charge < -0.3 is 15.0 Å². The molecular formula is C13H23N3O3S. The topological polar surface area (TPSA) is 77.6 Å². The summed E-state index contributed by atoms with van der Waals surface area (Å²) in [4.78, 5) is 0.336. The lowest BCUT2D eigenvalue weighted by Gasteiger charge is -2.19. The van der Waals surface area contributed by atoms with Crippen LogP contribution in [0, 0.1) is 0 Å². The number of hydrogen-bond donors (Lipinski definition) is 1. The van der Waals surface area contributed by atoms with E-state index in [1.807, 2.05) is 11.5 Å². The van der Waals surface area contributed by atoms with E-state index >= 15 is 0 Å². The number of sulfonamides is 1. The Bertz CT molecular complexity index is 549. The Labute approximate surface area is 120 Å². The van der Waals surface area contributed by atoms with Crippen LogP contribution in [0.15, 0.2) is 17.2 Å². The molecule has 1 aromatic rings. The smallest absolute Gasteiger partial charge is 0.244 e. The van der Waals surface area contributed by atoms with Crippen molar-refractivity contribution >= 4 is 10.0 Å². The summed E-state index contributed by atoms with van der Waals surface area (Å²) in [5, 5.41) is 0. The molecule has 1 aliphatic carbocycles. The summed E-state index contributed by atoms with van der Waals surface area (Å²) in [6.07, 6.45) is 3.93. The first-order valence-corrected chi connectivity index (χ1v) is 8.38. The van der Waals surface area contributed by atoms with E-state index in [0.717, 1.165) is 18.5 Å². The molecule has 1 aromatic heterocycles. The Balaban J connectivity index is 2.28. The third-order valence-corrected chi connectivity index (χ3v) is 5.53. The fourth-order valence-corrected chi connectivity index (χ4v) is 3.77. The molecule has 0 bridgehead atoms. The maximum atomic E-state index is 12.6. The van der Waals surface area contributed by atoms with Gasteiger partial charge in [-0.15, -0.1) is 0 Å². The largest absolute Gasteiger partial charge is 0.383 e. The molecular weight excluding hydrogens is 278 g/mol. The minimum atomic E-state index is -3.46. The number of methoxy groups -OCH3 is 1. The van der Waals surface area contributed by atoms with Crippen molar-refractivity contribution in [1.29, 1.82) is 0 Å². The predicted octanol–water partition coefficient (Wildman–Crippen LogP) is 0.939. The summed E-state index contributed by atoms with van der Waals surface area (Å²) in [5.74, 6) is 0. The zero-order chi connectivity index (χ0) is 14.8. The van der Waals surface area contributed by atoms with Gasteiger partial charge in [0.1, 0.15) is 4.90 Å². The number of likely N-dealkylation sites (N-methyl/N-ethyl adjacent to an activating group) is 1. The lowest BCUT2D eigenvalue weighted by molar-refractivity contribution is 0.180. The summed E-state index contributed by atoms with van der Waals surface area (Å²) in [7, 11) is -1.90. The molecule has 0 amide bonds. The minimum Gasteiger partial charge on any atom is -0.383 e. The number of nitrogens with zero attached hydrogens (tertiary/aromatic N) is 2. The fourth-order valence-electron chi connectivity index (χ4n) is 2.28. The second-order valence-electron chi connectivity index (χ2n) is 5.00. The van der Waals surface area contributed by atoms with E-state index in [2.05, 4.69) is 0 Å². The Morgan fingerprint density at radius 3 is 2.70 bits per heavy atom. The van der Waals surface area contributed by atoms with Crippen molar-refractivity contribution in [3.8, 4) is 0 Å². The molecule has 0 aromatic carbocycles. The summed E-state index contributed by atoms with van der Waals surface area (Å²) < 4.78 is 33.6. The highest BCUT2D eigenvalue weighted by Gasteiger charge is 2.30. The number of aromatic nitrogens is 1. The van der Waals surface area contributed by atoms with E-state index in [4.69, 9.17) is 10.5 Å². The summed E-state index contributed by atoms with van der Waals surface area (Å²) in [6.45, 7) is 3.37. The highest BCUT2D eigenvalue weighted by Crippen LogP contribution is 2.37. The van der Waals surface area contributed by atoms with Crippen LogP contribution in [-0.2, 0) is 21.3 Å². The average Bonchev–Trinajstić information content (AvgIpc) is 3.18. The van der Waals surface area contributed by atoms with Gasteiger partial charge in [0, 0.05) is 44.7 Å². The standard InChI is InChI=1S/C13H23N3O3S/c1-3-15(6-7-19-2)20(17,18)13-8-12(9-14)16(10-13)11-4-5-11/h8,10-11H,3-7,9,14H2,1-2H3. The number of ether oxygens (including phenoxy) is 1. The molecule has 2 rings (SSSR count). The van der Waals surface area contributed by atoms with Gasteiger partial charge in [0.05, 0.1) is 6.61 Å². The van der Waals surface area contributed by atoms with Gasteiger partial charge in [-0.25, -0.2) is 8.42 Å². The van der Waals surface area contributed by atoms with E-state index in [9.17, 15) is 8.42 Å². The first-order valence-electron chi connectivity index (χ1n) is 6.94. The van der Waals surface area contributed by atoms with Gasteiger partial charge >= 0.3 is 0 Å². The maximum absolute atomic E-state index is 12.6. The van der Waals surface area contributed by atoms with E-state index in [1.54, 1.807) is 19.4 Å². The number of nitrogens with two attached hydrogens (primary N) is 1. The molecule has 0 spiro atoms. The highest BCUT2D eigenvalue weighted by molar-refractivity contribution is 7.89. The van der Waals surface area contributed by atoms with Gasteiger partial charge in [-0.3, -0.25) is 0 Å². The van der Waals surface area contributed by atoms with Crippen LogP contribution in [0.1, 0.15) is 31.5 Å². The molecule has 0 unspecified atom stereocenters. The molecule has 1 saturated carbocycles. The molecule has 20 heavy (non-hydrogen) atoms. The maximum Gasteiger partial charge on any atom is 0.244 e. The van der Waals surface area contributed by atoms with E-state index in [1.165, 1.54) is 4.31 Å². The molecule has 2 N–H and O–H groups in total. The van der Waals surface area contributed by atoms with Crippen LogP contribution >= 0.6 is 0 Å². The first kappa shape index (κ1) is 15.5. The Hall–Kier alpha value is -0.890. The second kappa shape index (κ2) is 6.26. The molecule has 1 heterocycles. The third-order valence-electron chi connectivity index (χ3n) is 3.59. The van der Waals surface area contributed by atoms with Crippen LogP contribution < -0.4 is 5.73 Å². The summed E-state index contributed by atoms with van der Waals surface area (Å²) in [6, 6.07) is 2.12. The normalized spacial score (nSPS) is 16.0. The molecule has 1 aliphatic rings. The average molecular weight is 301 g/mol. The van der Waals surface area contributed by atoms with Crippen LogP contribution in [0.25, 0.3) is 0 Å². The molecule has 7 heteroatoms. The molecule has 6 nitrogen and oxygen atoms in total. The predicted molar refractivity (Wildman–Crippen MR) is 76.9 cm³/mol. The van der Waals surface area contributed by atoms with Gasteiger partial charge in [0.25, 0.3) is 0 Å². The Kier molecular flexibility index (Phi) is 4.85. The minimum absolute atomic E-state index is 0.336. The van der Waals surface area contributed by atoms with Crippen molar-refractivity contribution in [2.24, 2.45) is 5.73 Å². The first-order chi connectivity index (χ1) is 9.54. The van der Waals surface area contributed by atoms with Crippen molar-refractivity contribution in [2.45, 2.75) is 37.2 Å². The van der Waals surface area contributed by atoms with Crippen molar-refractivity contribution in [1.82, 2.24) is 8.87 Å². The van der Waals surface area contributed by atoms with Crippen molar-refractivity contribution < 1.29 is 13.2 Å². The van der Waals surface area contributed by atoms with E-state index in [0.29, 0.717) is 37.2 Å². The van der Waals surface area contributed by atoms with Crippen LogP contribution in [-0.4, -0.2) is 44.1 Å². The molecule has 0 saturated heterocycles. The summed E-state index contributed by atoms with van der Waals surface area (Å²) in [5.41, 5.74) is 6.60. The number of hydrogen-bond acceptors (Lipinski definition) is 4. The lowest BCUT2D eigenvalue weighted by Crippen LogP contribution is -2.33. The van der Waals surface area contributed by atoms with Gasteiger partial charge in [-0.1, -0.05) is 6.92 Å². The van der Waals surface area contributed by atoms with E-state index < -0.39 is 10.0 Å². The van der Waals surface area contributed by atoms with Crippen molar-refractivity contribution in [3.05, 3.63) is 18.0 Å². The van der Waals surface area contributed by atoms with Crippen molar-refractivity contribution in [2.75, 3.05) is 26.8 Å². The monoisotopic (exact) mass is 301 g/mol. The highest BCUT2D eigenvalue weighted by atomic mass is 32.2. The zero-order valence-corrected chi connectivity index (χ0v) is 12.9. The zero-order valence-electron chi connectivity index (χ0n) is 12.1. The summed E-state index contributed by atoms with van der Waals surface area (Å²) >= 11 is 0. The second-order valence-corrected chi connectivity index (χ2v) is 6.94. The van der Waals surface area contributed by atoms with Gasteiger partial charge in [0.2, 0.25) is 10.0 Å². The Morgan fingerprint density at radius 2 is 2.20 bits per heavy atom. The number of rotatable bonds is 8. The molecule has 114 valence electrons. The van der Waals surface area contributed by atoms with Crippen LogP contribution in [0.2, 0.25) is 0 Å². The van der Waals surface area contributed by atoms with Gasteiger partial charge in [-0.05, 0) is 18.9 Å². The van der Waals surface area contributed by atoms with Crippen molar-refractivity contribution in [3.63, 3.8) is 0 Å². The third kappa shape index (κ3) is 3.06. The Morgan fingerprint density at radius 1 is 1.50 bits per heavy atom. The van der Waals surface area contributed by atoms with E-state index in [-0.39, 0.29) is 0 Å². The van der Waals surface area contributed by atoms with Gasteiger partial charge in [0.15, 0.2) is 0 Å². The van der Waals surface area contributed by atoms with Crippen LogP contribution in [0.3, 0.4) is 0 Å². The van der Waals surface area contributed by atoms with Crippen LogP contribution in [0.4, 0.5) is 0 Å². The lowest BCUT2D eigenvalue weighted by atomic mass is 10.4. The quantitative estimate of drug-likeness (QED) is 0.775. The molecule has 1 fully saturated rings. The molecule has 0 aliphatic heterocycles. The fraction of sp³-hybridized carbons (Fsp3) is 0.692. The molecule has 0 radical (unpaired) electrons.